The molecule has 0 atom stereocenters. The monoisotopic (exact) mass is 335 g/mol. The number of piperidine rings is 1. The van der Waals surface area contributed by atoms with Crippen molar-refractivity contribution in [3.05, 3.63) is 51.3 Å². The van der Waals surface area contributed by atoms with Gasteiger partial charge in [-0.05, 0) is 30.5 Å². The Labute approximate surface area is 133 Å². The summed E-state index contributed by atoms with van der Waals surface area (Å²) in [6.45, 7) is 1.09. The number of rotatable bonds is 3. The van der Waals surface area contributed by atoms with Crippen molar-refractivity contribution in [2.75, 3.05) is 13.1 Å². The van der Waals surface area contributed by atoms with E-state index in [-0.39, 0.29) is 10.5 Å². The van der Waals surface area contributed by atoms with Crippen LogP contribution in [0.1, 0.15) is 19.3 Å². The van der Waals surface area contributed by atoms with Crippen molar-refractivity contribution in [1.29, 1.82) is 0 Å². The number of nitrogens with one attached hydrogen (secondary N) is 2. The first-order valence-electron chi connectivity index (χ1n) is 7.41. The lowest BCUT2D eigenvalue weighted by Crippen LogP contribution is -2.35. The molecule has 0 aliphatic carbocycles. The third kappa shape index (κ3) is 3.13. The highest BCUT2D eigenvalue weighted by molar-refractivity contribution is 7.89. The van der Waals surface area contributed by atoms with Gasteiger partial charge in [0.15, 0.2) is 0 Å². The van der Waals surface area contributed by atoms with Gasteiger partial charge < -0.3 is 4.98 Å². The number of hydrogen-bond donors (Lipinski definition) is 2. The van der Waals surface area contributed by atoms with E-state index < -0.39 is 21.3 Å². The van der Waals surface area contributed by atoms with Crippen molar-refractivity contribution in [3.8, 4) is 11.1 Å². The molecule has 0 spiro atoms. The van der Waals surface area contributed by atoms with Gasteiger partial charge in [-0.25, -0.2) is 13.2 Å². The molecule has 2 aromatic rings. The first-order chi connectivity index (χ1) is 11.0. The van der Waals surface area contributed by atoms with Crippen molar-refractivity contribution >= 4 is 10.0 Å². The van der Waals surface area contributed by atoms with Gasteiger partial charge in [-0.15, -0.1) is 0 Å². The van der Waals surface area contributed by atoms with Crippen LogP contribution in [0.4, 0.5) is 0 Å². The second-order valence-corrected chi connectivity index (χ2v) is 7.41. The zero-order valence-corrected chi connectivity index (χ0v) is 13.2. The van der Waals surface area contributed by atoms with Crippen LogP contribution in [0, 0.1) is 0 Å². The predicted molar refractivity (Wildman–Crippen MR) is 85.7 cm³/mol. The summed E-state index contributed by atoms with van der Waals surface area (Å²) in [5.74, 6) is 0. The maximum atomic E-state index is 12.6. The Kier molecular flexibility index (Phi) is 4.18. The fourth-order valence-electron chi connectivity index (χ4n) is 2.69. The average Bonchev–Trinajstić information content (AvgIpc) is 2.56. The molecule has 122 valence electrons. The Morgan fingerprint density at radius 1 is 0.957 bits per heavy atom. The Morgan fingerprint density at radius 3 is 2.22 bits per heavy atom. The molecule has 7 nitrogen and oxygen atoms in total. The van der Waals surface area contributed by atoms with Gasteiger partial charge in [-0.3, -0.25) is 9.78 Å². The second kappa shape index (κ2) is 6.13. The van der Waals surface area contributed by atoms with Crippen molar-refractivity contribution < 1.29 is 8.42 Å². The van der Waals surface area contributed by atoms with E-state index in [0.29, 0.717) is 18.7 Å². The zero-order valence-electron chi connectivity index (χ0n) is 12.4. The lowest BCUT2D eigenvalue weighted by Gasteiger charge is -2.25. The summed E-state index contributed by atoms with van der Waals surface area (Å²) in [6, 6.07) is 6.12. The molecule has 1 fully saturated rings. The summed E-state index contributed by atoms with van der Waals surface area (Å²) in [6.07, 6.45) is 4.13. The SMILES string of the molecule is O=c1[nH]cc(-c2ccc(S(=O)(=O)N3CCCCC3)cc2)c(=O)[nH]1. The molecule has 0 amide bonds. The molecule has 1 aromatic heterocycles. The van der Waals surface area contributed by atoms with Crippen LogP contribution in [-0.4, -0.2) is 35.8 Å². The van der Waals surface area contributed by atoms with Crippen LogP contribution in [0.15, 0.2) is 44.9 Å². The highest BCUT2D eigenvalue weighted by atomic mass is 32.2. The minimum atomic E-state index is -3.49. The van der Waals surface area contributed by atoms with Crippen LogP contribution in [-0.2, 0) is 10.0 Å². The molecule has 0 bridgehead atoms. The lowest BCUT2D eigenvalue weighted by atomic mass is 10.1. The number of aromatic nitrogens is 2. The maximum absolute atomic E-state index is 12.6. The van der Waals surface area contributed by atoms with Gasteiger partial charge in [0.25, 0.3) is 5.56 Å². The summed E-state index contributed by atoms with van der Waals surface area (Å²) >= 11 is 0. The lowest BCUT2D eigenvalue weighted by molar-refractivity contribution is 0.346. The zero-order chi connectivity index (χ0) is 16.4. The van der Waals surface area contributed by atoms with Gasteiger partial charge in [-0.1, -0.05) is 18.6 Å². The van der Waals surface area contributed by atoms with E-state index in [1.54, 1.807) is 12.1 Å². The summed E-state index contributed by atoms with van der Waals surface area (Å²) in [5.41, 5.74) is -0.268. The van der Waals surface area contributed by atoms with E-state index in [1.165, 1.54) is 22.6 Å². The maximum Gasteiger partial charge on any atom is 0.325 e. The summed E-state index contributed by atoms with van der Waals surface area (Å²) in [4.78, 5) is 27.6. The molecule has 2 N–H and O–H groups in total. The van der Waals surface area contributed by atoms with Crippen molar-refractivity contribution in [3.63, 3.8) is 0 Å². The van der Waals surface area contributed by atoms with Gasteiger partial charge in [0.1, 0.15) is 0 Å². The standard InChI is InChI=1S/C15H17N3O4S/c19-14-13(10-16-15(20)17-14)11-4-6-12(7-5-11)23(21,22)18-8-2-1-3-9-18/h4-7,10H,1-3,8-9H2,(H2,16,17,19,20). The van der Waals surface area contributed by atoms with E-state index in [1.807, 2.05) is 0 Å². The molecule has 0 radical (unpaired) electrons. The molecule has 1 aliphatic rings. The molecule has 1 aromatic carbocycles. The molecule has 8 heteroatoms. The molecule has 0 unspecified atom stereocenters. The molecular weight excluding hydrogens is 318 g/mol. The van der Waals surface area contributed by atoms with Crippen molar-refractivity contribution in [2.45, 2.75) is 24.2 Å². The Morgan fingerprint density at radius 2 is 1.61 bits per heavy atom. The third-order valence-electron chi connectivity index (χ3n) is 3.94. The minimum Gasteiger partial charge on any atom is -0.313 e. The first kappa shape index (κ1) is 15.7. The molecule has 23 heavy (non-hydrogen) atoms. The van der Waals surface area contributed by atoms with E-state index >= 15 is 0 Å². The molecule has 2 heterocycles. The van der Waals surface area contributed by atoms with E-state index in [9.17, 15) is 18.0 Å². The van der Waals surface area contributed by atoms with Crippen LogP contribution in [0.2, 0.25) is 0 Å². The van der Waals surface area contributed by atoms with Gasteiger partial charge in [0.2, 0.25) is 10.0 Å². The Hall–Kier alpha value is -2.19. The van der Waals surface area contributed by atoms with Gasteiger partial charge in [-0.2, -0.15) is 4.31 Å². The minimum absolute atomic E-state index is 0.212. The van der Waals surface area contributed by atoms with Crippen molar-refractivity contribution in [1.82, 2.24) is 14.3 Å². The number of aromatic amines is 2. The van der Waals surface area contributed by atoms with Gasteiger partial charge in [0, 0.05) is 19.3 Å². The second-order valence-electron chi connectivity index (χ2n) is 5.47. The van der Waals surface area contributed by atoms with E-state index in [2.05, 4.69) is 9.97 Å². The molecular formula is C15H17N3O4S. The fraction of sp³-hybridized carbons (Fsp3) is 0.333. The number of hydrogen-bond acceptors (Lipinski definition) is 4. The number of H-pyrrole nitrogens is 2. The first-order valence-corrected chi connectivity index (χ1v) is 8.85. The number of sulfonamides is 1. The quantitative estimate of drug-likeness (QED) is 0.870. The van der Waals surface area contributed by atoms with E-state index in [0.717, 1.165) is 19.3 Å². The van der Waals surface area contributed by atoms with Crippen LogP contribution >= 0.6 is 0 Å². The molecule has 1 saturated heterocycles. The smallest absolute Gasteiger partial charge is 0.313 e. The molecule has 1 aliphatic heterocycles. The molecule has 3 rings (SSSR count). The van der Waals surface area contributed by atoms with Crippen LogP contribution in [0.5, 0.6) is 0 Å². The van der Waals surface area contributed by atoms with E-state index in [4.69, 9.17) is 0 Å². The van der Waals surface area contributed by atoms with Crippen molar-refractivity contribution in [2.24, 2.45) is 0 Å². The topological polar surface area (TPSA) is 103 Å². The van der Waals surface area contributed by atoms with Gasteiger partial charge >= 0.3 is 5.69 Å². The Balaban J connectivity index is 1.92. The van der Waals surface area contributed by atoms with Crippen LogP contribution < -0.4 is 11.2 Å². The normalized spacial score (nSPS) is 16.3. The predicted octanol–water partition coefficient (Wildman–Crippen LogP) is 0.905. The largest absolute Gasteiger partial charge is 0.325 e. The third-order valence-corrected chi connectivity index (χ3v) is 5.85. The number of nitrogens with zero attached hydrogens (tertiary/aromatic N) is 1. The summed E-state index contributed by atoms with van der Waals surface area (Å²) in [5, 5.41) is 0. The van der Waals surface area contributed by atoms with Crippen LogP contribution in [0.3, 0.4) is 0 Å². The fourth-order valence-corrected chi connectivity index (χ4v) is 4.20. The Bertz CT molecular complexity index is 907. The summed E-state index contributed by atoms with van der Waals surface area (Å²) < 4.78 is 26.6. The summed E-state index contributed by atoms with van der Waals surface area (Å²) in [7, 11) is -3.49. The highest BCUT2D eigenvalue weighted by Crippen LogP contribution is 2.22. The highest BCUT2D eigenvalue weighted by Gasteiger charge is 2.25. The average molecular weight is 335 g/mol. The molecule has 0 saturated carbocycles. The van der Waals surface area contributed by atoms with Gasteiger partial charge in [0.05, 0.1) is 10.5 Å². The van der Waals surface area contributed by atoms with Crippen LogP contribution in [0.25, 0.3) is 11.1 Å². The number of benzene rings is 1.